The van der Waals surface area contributed by atoms with E-state index in [1.165, 1.54) is 0 Å². The summed E-state index contributed by atoms with van der Waals surface area (Å²) < 4.78 is 10.5. The topological polar surface area (TPSA) is 55.8 Å². The van der Waals surface area contributed by atoms with E-state index in [1.54, 1.807) is 13.8 Å². The van der Waals surface area contributed by atoms with E-state index in [2.05, 4.69) is 11.5 Å². The fourth-order valence-electron chi connectivity index (χ4n) is 1.45. The van der Waals surface area contributed by atoms with E-state index in [9.17, 15) is 9.90 Å². The highest BCUT2D eigenvalue weighted by atomic mass is 28.3. The first-order valence-corrected chi connectivity index (χ1v) is 9.58. The average Bonchev–Trinajstić information content (AvgIpc) is 2.29. The van der Waals surface area contributed by atoms with Crippen LogP contribution in [0.1, 0.15) is 13.8 Å². The Morgan fingerprint density at radius 3 is 2.22 bits per heavy atom. The van der Waals surface area contributed by atoms with Crippen LogP contribution in [0, 0.1) is 11.5 Å². The van der Waals surface area contributed by atoms with Crippen LogP contribution in [0.25, 0.3) is 0 Å². The highest BCUT2D eigenvalue weighted by molar-refractivity contribution is 6.83. The minimum Gasteiger partial charge on any atom is -0.490 e. The molecule has 0 bridgehead atoms. The lowest BCUT2D eigenvalue weighted by atomic mass is 9.83. The SMILES string of the molecule is CCOC1=C(OCC)C(O)(C#C[Si](C)(C)C)C1=O. The second-order valence-electron chi connectivity index (χ2n) is 5.06. The molecular weight excluding hydrogens is 248 g/mol. The lowest BCUT2D eigenvalue weighted by molar-refractivity contribution is -0.140. The van der Waals surface area contributed by atoms with Gasteiger partial charge in [0.2, 0.25) is 5.76 Å². The zero-order valence-corrected chi connectivity index (χ0v) is 12.6. The van der Waals surface area contributed by atoms with Gasteiger partial charge >= 0.3 is 0 Å². The van der Waals surface area contributed by atoms with Crippen LogP contribution in [0.15, 0.2) is 11.5 Å². The van der Waals surface area contributed by atoms with E-state index in [1.807, 2.05) is 19.6 Å². The molecule has 1 rings (SSSR count). The molecule has 100 valence electrons. The molecule has 1 N–H and O–H groups in total. The fourth-order valence-corrected chi connectivity index (χ4v) is 2.01. The Bertz CT molecular complexity index is 436. The van der Waals surface area contributed by atoms with Crippen LogP contribution in [0.5, 0.6) is 0 Å². The standard InChI is InChI=1S/C13H20O4Si/c1-6-16-10-11(14)13(15,12(10)17-7-2)8-9-18(3,4)5/h15H,6-7H2,1-5H3. The molecule has 0 saturated heterocycles. The van der Waals surface area contributed by atoms with E-state index >= 15 is 0 Å². The lowest BCUT2D eigenvalue weighted by Crippen LogP contribution is -2.52. The van der Waals surface area contributed by atoms with Gasteiger partial charge in [-0.2, -0.15) is 0 Å². The maximum absolute atomic E-state index is 11.9. The molecule has 0 fully saturated rings. The predicted octanol–water partition coefficient (Wildman–Crippen LogP) is 1.47. The second-order valence-corrected chi connectivity index (χ2v) is 9.81. The number of hydrogen-bond acceptors (Lipinski definition) is 4. The molecule has 0 aromatic carbocycles. The molecule has 0 heterocycles. The highest BCUT2D eigenvalue weighted by Crippen LogP contribution is 2.36. The summed E-state index contributed by atoms with van der Waals surface area (Å²) in [5.41, 5.74) is 1.19. The van der Waals surface area contributed by atoms with Gasteiger partial charge in [0.15, 0.2) is 5.76 Å². The summed E-state index contributed by atoms with van der Waals surface area (Å²) in [7, 11) is -1.66. The van der Waals surface area contributed by atoms with Crippen molar-refractivity contribution in [1.29, 1.82) is 0 Å². The molecule has 0 amide bonds. The minimum absolute atomic E-state index is 0.103. The van der Waals surface area contributed by atoms with Gasteiger partial charge in [0.1, 0.15) is 8.07 Å². The van der Waals surface area contributed by atoms with Crippen molar-refractivity contribution in [2.75, 3.05) is 13.2 Å². The third-order valence-electron chi connectivity index (χ3n) is 2.27. The zero-order valence-electron chi connectivity index (χ0n) is 11.6. The number of aliphatic hydroxyl groups is 1. The summed E-state index contributed by atoms with van der Waals surface area (Å²) in [5.74, 6) is 2.42. The summed E-state index contributed by atoms with van der Waals surface area (Å²) in [4.78, 5) is 11.9. The maximum atomic E-state index is 11.9. The monoisotopic (exact) mass is 268 g/mol. The molecule has 0 aromatic heterocycles. The molecule has 1 atom stereocenters. The van der Waals surface area contributed by atoms with Crippen LogP contribution in [-0.4, -0.2) is 37.8 Å². The van der Waals surface area contributed by atoms with Crippen molar-refractivity contribution in [1.82, 2.24) is 0 Å². The largest absolute Gasteiger partial charge is 0.490 e. The molecule has 0 radical (unpaired) electrons. The van der Waals surface area contributed by atoms with E-state index in [0.717, 1.165) is 0 Å². The molecule has 0 saturated carbocycles. The van der Waals surface area contributed by atoms with Crippen molar-refractivity contribution >= 4 is 13.9 Å². The number of ketones is 1. The van der Waals surface area contributed by atoms with E-state index in [4.69, 9.17) is 9.47 Å². The van der Waals surface area contributed by atoms with Gasteiger partial charge in [0.25, 0.3) is 11.4 Å². The summed E-state index contributed by atoms with van der Waals surface area (Å²) in [6, 6.07) is 0. The van der Waals surface area contributed by atoms with Gasteiger partial charge < -0.3 is 14.6 Å². The molecule has 1 unspecified atom stereocenters. The van der Waals surface area contributed by atoms with Crippen molar-refractivity contribution in [2.45, 2.75) is 39.1 Å². The first kappa shape index (κ1) is 14.8. The Hall–Kier alpha value is -1.25. The molecule has 18 heavy (non-hydrogen) atoms. The Balaban J connectivity index is 3.09. The Morgan fingerprint density at radius 2 is 1.78 bits per heavy atom. The van der Waals surface area contributed by atoms with Gasteiger partial charge in [-0.05, 0) is 13.8 Å². The third-order valence-corrected chi connectivity index (χ3v) is 3.14. The normalized spacial score (nSPS) is 23.1. The zero-order chi connectivity index (χ0) is 14.0. The van der Waals surface area contributed by atoms with Crippen LogP contribution in [0.4, 0.5) is 0 Å². The Kier molecular flexibility index (Phi) is 4.25. The van der Waals surface area contributed by atoms with Crippen LogP contribution in [0.2, 0.25) is 19.6 Å². The van der Waals surface area contributed by atoms with Gasteiger partial charge in [-0.25, -0.2) is 0 Å². The van der Waals surface area contributed by atoms with Crippen LogP contribution < -0.4 is 0 Å². The van der Waals surface area contributed by atoms with Crippen molar-refractivity contribution in [3.8, 4) is 11.5 Å². The van der Waals surface area contributed by atoms with Gasteiger partial charge in [0.05, 0.1) is 13.2 Å². The van der Waals surface area contributed by atoms with E-state index in [0.29, 0.717) is 13.2 Å². The van der Waals surface area contributed by atoms with Crippen LogP contribution >= 0.6 is 0 Å². The first-order valence-electron chi connectivity index (χ1n) is 6.08. The van der Waals surface area contributed by atoms with Crippen molar-refractivity contribution in [2.24, 2.45) is 0 Å². The minimum atomic E-state index is -1.80. The fraction of sp³-hybridized carbons (Fsp3) is 0.615. The maximum Gasteiger partial charge on any atom is 0.254 e. The summed E-state index contributed by atoms with van der Waals surface area (Å²) in [6.45, 7) is 10.4. The van der Waals surface area contributed by atoms with Gasteiger partial charge in [-0.15, -0.1) is 5.54 Å². The molecular formula is C13H20O4Si. The molecule has 1 aliphatic carbocycles. The van der Waals surface area contributed by atoms with Gasteiger partial charge in [-0.1, -0.05) is 25.6 Å². The number of carbonyl (C=O) groups excluding carboxylic acids is 1. The number of rotatable bonds is 4. The van der Waals surface area contributed by atoms with E-state index < -0.39 is 19.5 Å². The number of carbonyl (C=O) groups is 1. The molecule has 0 aromatic rings. The van der Waals surface area contributed by atoms with Gasteiger partial charge in [-0.3, -0.25) is 4.79 Å². The number of hydrogen-bond donors (Lipinski definition) is 1. The summed E-state index contributed by atoms with van der Waals surface area (Å²) in [5, 5.41) is 10.3. The lowest BCUT2D eigenvalue weighted by Gasteiger charge is -2.34. The van der Waals surface area contributed by atoms with E-state index in [-0.39, 0.29) is 11.5 Å². The molecule has 0 aliphatic heterocycles. The Morgan fingerprint density at radius 1 is 1.22 bits per heavy atom. The first-order chi connectivity index (χ1) is 8.26. The highest BCUT2D eigenvalue weighted by Gasteiger charge is 2.56. The second kappa shape index (κ2) is 5.17. The van der Waals surface area contributed by atoms with Crippen LogP contribution in [-0.2, 0) is 14.3 Å². The number of Topliss-reactive ketones (excluding diaryl/α,β-unsaturated/α-hetero) is 1. The smallest absolute Gasteiger partial charge is 0.254 e. The average molecular weight is 268 g/mol. The third kappa shape index (κ3) is 2.77. The van der Waals surface area contributed by atoms with Crippen LogP contribution in [0.3, 0.4) is 0 Å². The van der Waals surface area contributed by atoms with Gasteiger partial charge in [0, 0.05) is 0 Å². The summed E-state index contributed by atoms with van der Waals surface area (Å²) in [6.07, 6.45) is 0. The Labute approximate surface area is 109 Å². The van der Waals surface area contributed by atoms with Crippen molar-refractivity contribution in [3.05, 3.63) is 11.5 Å². The van der Waals surface area contributed by atoms with Crippen molar-refractivity contribution in [3.63, 3.8) is 0 Å². The molecule has 4 nitrogen and oxygen atoms in total. The molecule has 1 aliphatic rings. The molecule has 0 spiro atoms. The predicted molar refractivity (Wildman–Crippen MR) is 71.4 cm³/mol. The molecule has 5 heteroatoms. The quantitative estimate of drug-likeness (QED) is 0.619. The number of ether oxygens (including phenoxy) is 2. The summed E-state index contributed by atoms with van der Waals surface area (Å²) >= 11 is 0. The van der Waals surface area contributed by atoms with Crippen molar-refractivity contribution < 1.29 is 19.4 Å².